The van der Waals surface area contributed by atoms with Gasteiger partial charge in [-0.05, 0) is 49.9 Å². The van der Waals surface area contributed by atoms with Gasteiger partial charge in [0.2, 0.25) is 0 Å². The van der Waals surface area contributed by atoms with E-state index >= 15 is 0 Å². The van der Waals surface area contributed by atoms with Crippen molar-refractivity contribution in [3.05, 3.63) is 30.1 Å². The zero-order chi connectivity index (χ0) is 11.4. The van der Waals surface area contributed by atoms with Gasteiger partial charge in [-0.1, -0.05) is 6.07 Å². The van der Waals surface area contributed by atoms with Crippen molar-refractivity contribution in [1.29, 1.82) is 0 Å². The van der Waals surface area contributed by atoms with Gasteiger partial charge in [0.05, 0.1) is 0 Å². The number of nitrogens with two attached hydrogens (primary N) is 1. The molecule has 0 spiro atoms. The average molecular weight is 219 g/mol. The summed E-state index contributed by atoms with van der Waals surface area (Å²) in [7, 11) is 2.18. The van der Waals surface area contributed by atoms with E-state index in [0.717, 1.165) is 13.1 Å². The third-order valence-corrected chi connectivity index (χ3v) is 3.41. The van der Waals surface area contributed by atoms with Gasteiger partial charge in [-0.3, -0.25) is 4.98 Å². The van der Waals surface area contributed by atoms with Crippen LogP contribution in [0, 0.1) is 5.41 Å². The Hall–Kier alpha value is -0.930. The molecule has 0 unspecified atom stereocenters. The summed E-state index contributed by atoms with van der Waals surface area (Å²) in [6.07, 6.45) is 7.63. The Kier molecular flexibility index (Phi) is 3.56. The van der Waals surface area contributed by atoms with Gasteiger partial charge in [-0.25, -0.2) is 0 Å². The highest BCUT2D eigenvalue weighted by molar-refractivity contribution is 5.08. The fraction of sp³-hybridized carbons (Fsp3) is 0.615. The summed E-state index contributed by atoms with van der Waals surface area (Å²) in [6.45, 7) is 2.97. The minimum atomic E-state index is 0.533. The maximum Gasteiger partial charge on any atom is 0.0312 e. The Bertz CT molecular complexity index is 319. The van der Waals surface area contributed by atoms with Crippen LogP contribution in [0.3, 0.4) is 0 Å². The third kappa shape index (κ3) is 3.03. The number of pyridine rings is 1. The number of hydrogen-bond donors (Lipinski definition) is 1. The maximum atomic E-state index is 5.65. The smallest absolute Gasteiger partial charge is 0.0312 e. The van der Waals surface area contributed by atoms with E-state index in [1.54, 1.807) is 0 Å². The highest BCUT2D eigenvalue weighted by Crippen LogP contribution is 2.48. The summed E-state index contributed by atoms with van der Waals surface area (Å²) in [5.74, 6) is 0. The van der Waals surface area contributed by atoms with E-state index in [1.165, 1.54) is 31.4 Å². The predicted octanol–water partition coefficient (Wildman–Crippen LogP) is 1.64. The molecule has 0 aromatic carbocycles. The van der Waals surface area contributed by atoms with Gasteiger partial charge >= 0.3 is 0 Å². The molecule has 1 fully saturated rings. The number of hydrogen-bond acceptors (Lipinski definition) is 3. The Balaban J connectivity index is 1.83. The molecule has 3 nitrogen and oxygen atoms in total. The Labute approximate surface area is 97.7 Å². The Morgan fingerprint density at radius 1 is 1.50 bits per heavy atom. The van der Waals surface area contributed by atoms with Gasteiger partial charge in [-0.15, -0.1) is 0 Å². The van der Waals surface area contributed by atoms with Crippen molar-refractivity contribution < 1.29 is 0 Å². The van der Waals surface area contributed by atoms with E-state index in [0.29, 0.717) is 5.41 Å². The van der Waals surface area contributed by atoms with Crippen LogP contribution in [0.1, 0.15) is 24.8 Å². The van der Waals surface area contributed by atoms with E-state index in [4.69, 9.17) is 5.73 Å². The van der Waals surface area contributed by atoms with E-state index < -0.39 is 0 Å². The number of rotatable bonds is 6. The maximum absolute atomic E-state index is 5.65. The van der Waals surface area contributed by atoms with Crippen LogP contribution in [0.25, 0.3) is 0 Å². The molecule has 1 aromatic heterocycles. The summed E-state index contributed by atoms with van der Waals surface area (Å²) >= 11 is 0. The first-order chi connectivity index (χ1) is 7.74. The minimum Gasteiger partial charge on any atom is -0.330 e. The van der Waals surface area contributed by atoms with Crippen molar-refractivity contribution in [3.63, 3.8) is 0 Å². The highest BCUT2D eigenvalue weighted by atomic mass is 15.1. The van der Waals surface area contributed by atoms with E-state index in [2.05, 4.69) is 23.0 Å². The summed E-state index contributed by atoms with van der Waals surface area (Å²) in [5.41, 5.74) is 7.47. The van der Waals surface area contributed by atoms with Crippen LogP contribution in [-0.4, -0.2) is 30.0 Å². The van der Waals surface area contributed by atoms with Crippen molar-refractivity contribution in [2.45, 2.75) is 25.8 Å². The van der Waals surface area contributed by atoms with Gasteiger partial charge in [0.1, 0.15) is 0 Å². The van der Waals surface area contributed by atoms with Crippen molar-refractivity contribution in [2.24, 2.45) is 11.1 Å². The summed E-state index contributed by atoms with van der Waals surface area (Å²) < 4.78 is 0. The van der Waals surface area contributed by atoms with Gasteiger partial charge in [0.25, 0.3) is 0 Å². The van der Waals surface area contributed by atoms with Gasteiger partial charge < -0.3 is 10.6 Å². The van der Waals surface area contributed by atoms with Crippen LogP contribution < -0.4 is 5.73 Å². The van der Waals surface area contributed by atoms with Crippen LogP contribution in [-0.2, 0) is 6.54 Å². The van der Waals surface area contributed by atoms with Crippen molar-refractivity contribution in [3.8, 4) is 0 Å². The molecule has 0 aliphatic heterocycles. The molecule has 3 heteroatoms. The monoisotopic (exact) mass is 219 g/mol. The van der Waals surface area contributed by atoms with Crippen LogP contribution in [0.4, 0.5) is 0 Å². The normalized spacial score (nSPS) is 17.7. The zero-order valence-electron chi connectivity index (χ0n) is 10.0. The average Bonchev–Trinajstić information content (AvgIpc) is 2.99. The molecule has 1 heterocycles. The third-order valence-electron chi connectivity index (χ3n) is 3.41. The van der Waals surface area contributed by atoms with Crippen LogP contribution in [0.15, 0.2) is 24.5 Å². The SMILES string of the molecule is CN(Cc1cccnc1)CC1(CCN)CC1. The first-order valence-corrected chi connectivity index (χ1v) is 6.02. The molecule has 0 bridgehead atoms. The second kappa shape index (κ2) is 4.93. The molecule has 0 amide bonds. The van der Waals surface area contributed by atoms with E-state index in [9.17, 15) is 0 Å². The summed E-state index contributed by atoms with van der Waals surface area (Å²) in [5, 5.41) is 0. The van der Waals surface area contributed by atoms with Crippen molar-refractivity contribution in [2.75, 3.05) is 20.1 Å². The van der Waals surface area contributed by atoms with Crippen molar-refractivity contribution in [1.82, 2.24) is 9.88 Å². The van der Waals surface area contributed by atoms with Crippen molar-refractivity contribution >= 4 is 0 Å². The molecule has 88 valence electrons. The highest BCUT2D eigenvalue weighted by Gasteiger charge is 2.42. The lowest BCUT2D eigenvalue weighted by Crippen LogP contribution is -2.28. The van der Waals surface area contributed by atoms with Gasteiger partial charge in [0.15, 0.2) is 0 Å². The molecule has 2 rings (SSSR count). The molecule has 0 radical (unpaired) electrons. The minimum absolute atomic E-state index is 0.533. The lowest BCUT2D eigenvalue weighted by atomic mass is 10.0. The standard InChI is InChI=1S/C13H21N3/c1-16(10-12-3-2-8-15-9-12)11-13(4-5-13)6-7-14/h2-3,8-9H,4-7,10-11,14H2,1H3. The van der Waals surface area contributed by atoms with Crippen LogP contribution >= 0.6 is 0 Å². The lowest BCUT2D eigenvalue weighted by molar-refractivity contribution is 0.248. The second-order valence-corrected chi connectivity index (χ2v) is 5.07. The summed E-state index contributed by atoms with van der Waals surface area (Å²) in [4.78, 5) is 6.53. The predicted molar refractivity (Wildman–Crippen MR) is 65.9 cm³/mol. The fourth-order valence-corrected chi connectivity index (χ4v) is 2.40. The second-order valence-electron chi connectivity index (χ2n) is 5.07. The number of aromatic nitrogens is 1. The molecular weight excluding hydrogens is 198 g/mol. The number of nitrogens with zero attached hydrogens (tertiary/aromatic N) is 2. The fourth-order valence-electron chi connectivity index (χ4n) is 2.40. The molecule has 16 heavy (non-hydrogen) atoms. The molecule has 2 N–H and O–H groups in total. The quantitative estimate of drug-likeness (QED) is 0.791. The summed E-state index contributed by atoms with van der Waals surface area (Å²) in [6, 6.07) is 4.13. The van der Waals surface area contributed by atoms with E-state index in [-0.39, 0.29) is 0 Å². The lowest BCUT2D eigenvalue weighted by Gasteiger charge is -2.23. The van der Waals surface area contributed by atoms with Crippen LogP contribution in [0.5, 0.6) is 0 Å². The Morgan fingerprint density at radius 2 is 2.31 bits per heavy atom. The molecule has 1 aliphatic rings. The van der Waals surface area contributed by atoms with Gasteiger partial charge in [-0.2, -0.15) is 0 Å². The Morgan fingerprint density at radius 3 is 2.88 bits per heavy atom. The van der Waals surface area contributed by atoms with Gasteiger partial charge in [0, 0.05) is 25.5 Å². The largest absolute Gasteiger partial charge is 0.330 e. The van der Waals surface area contributed by atoms with E-state index in [1.807, 2.05) is 18.5 Å². The molecule has 0 atom stereocenters. The first kappa shape index (κ1) is 11.6. The molecular formula is C13H21N3. The molecule has 1 aromatic rings. The molecule has 1 saturated carbocycles. The topological polar surface area (TPSA) is 42.2 Å². The zero-order valence-corrected chi connectivity index (χ0v) is 10.0. The first-order valence-electron chi connectivity index (χ1n) is 6.02. The molecule has 0 saturated heterocycles. The van der Waals surface area contributed by atoms with Crippen LogP contribution in [0.2, 0.25) is 0 Å². The molecule has 1 aliphatic carbocycles.